The van der Waals surface area contributed by atoms with Crippen molar-refractivity contribution in [2.45, 2.75) is 6.43 Å². The molecule has 0 N–H and O–H groups in total. The summed E-state index contributed by atoms with van der Waals surface area (Å²) in [6.45, 7) is 0. The molecule has 0 aliphatic carbocycles. The summed E-state index contributed by atoms with van der Waals surface area (Å²) in [7, 11) is 0. The highest BCUT2D eigenvalue weighted by atomic mass is 19.3. The van der Waals surface area contributed by atoms with Crippen LogP contribution in [0.15, 0.2) is 36.7 Å². The van der Waals surface area contributed by atoms with Gasteiger partial charge in [-0.1, -0.05) is 24.3 Å². The van der Waals surface area contributed by atoms with Gasteiger partial charge in [-0.05, 0) is 5.39 Å². The molecule has 1 aromatic heterocycles. The minimum atomic E-state index is -2.46. The van der Waals surface area contributed by atoms with Crippen LogP contribution in [0.1, 0.15) is 12.0 Å². The lowest BCUT2D eigenvalue weighted by Crippen LogP contribution is -1.87. The number of hydrogen-bond donors (Lipinski definition) is 0. The molecule has 1 aromatic carbocycles. The van der Waals surface area contributed by atoms with E-state index in [4.69, 9.17) is 0 Å². The Morgan fingerprint density at radius 3 is 2.62 bits per heavy atom. The van der Waals surface area contributed by atoms with Gasteiger partial charge in [0.2, 0.25) is 0 Å². The highest BCUT2D eigenvalue weighted by Crippen LogP contribution is 2.25. The third-order valence-corrected chi connectivity index (χ3v) is 1.93. The van der Waals surface area contributed by atoms with Crippen LogP contribution in [0.5, 0.6) is 0 Å². The molecule has 0 aliphatic rings. The zero-order valence-electron chi connectivity index (χ0n) is 6.74. The predicted molar refractivity (Wildman–Crippen MR) is 46.7 cm³/mol. The smallest absolute Gasteiger partial charge is 0.264 e. The SMILES string of the molecule is FC(F)c1cncc2ccccc12. The van der Waals surface area contributed by atoms with Gasteiger partial charge < -0.3 is 0 Å². The first-order chi connectivity index (χ1) is 6.29. The number of pyridine rings is 1. The Bertz CT molecular complexity index is 421. The number of benzene rings is 1. The fourth-order valence-electron chi connectivity index (χ4n) is 1.31. The van der Waals surface area contributed by atoms with Crippen LogP contribution in [0.2, 0.25) is 0 Å². The summed E-state index contributed by atoms with van der Waals surface area (Å²) in [4.78, 5) is 3.75. The van der Waals surface area contributed by atoms with Crippen LogP contribution in [0, 0.1) is 0 Å². The van der Waals surface area contributed by atoms with Crippen molar-refractivity contribution < 1.29 is 8.78 Å². The third kappa shape index (κ3) is 1.37. The molecule has 0 amide bonds. The second-order valence-corrected chi connectivity index (χ2v) is 2.75. The zero-order chi connectivity index (χ0) is 9.26. The van der Waals surface area contributed by atoms with Crippen LogP contribution in [0.25, 0.3) is 10.8 Å². The maximum absolute atomic E-state index is 12.5. The molecule has 1 nitrogen and oxygen atoms in total. The average molecular weight is 179 g/mol. The first kappa shape index (κ1) is 8.10. The van der Waals surface area contributed by atoms with Gasteiger partial charge in [0.1, 0.15) is 0 Å². The van der Waals surface area contributed by atoms with Gasteiger partial charge in [0, 0.05) is 23.3 Å². The summed E-state index contributed by atoms with van der Waals surface area (Å²) in [5, 5.41) is 1.33. The summed E-state index contributed by atoms with van der Waals surface area (Å²) in [5.74, 6) is 0. The molecule has 0 bridgehead atoms. The van der Waals surface area contributed by atoms with E-state index in [1.807, 2.05) is 0 Å². The van der Waals surface area contributed by atoms with Crippen molar-refractivity contribution in [1.82, 2.24) is 4.98 Å². The Morgan fingerprint density at radius 2 is 1.85 bits per heavy atom. The molecule has 0 saturated heterocycles. The van der Waals surface area contributed by atoms with Crippen LogP contribution >= 0.6 is 0 Å². The number of halogens is 2. The fraction of sp³-hybridized carbons (Fsp3) is 0.100. The molecule has 0 saturated carbocycles. The molecule has 0 fully saturated rings. The van der Waals surface area contributed by atoms with Crippen molar-refractivity contribution in [2.75, 3.05) is 0 Å². The monoisotopic (exact) mass is 179 g/mol. The molecule has 3 heteroatoms. The average Bonchev–Trinajstić information content (AvgIpc) is 2.17. The Kier molecular flexibility index (Phi) is 1.93. The van der Waals surface area contributed by atoms with E-state index in [1.54, 1.807) is 30.5 Å². The van der Waals surface area contributed by atoms with E-state index in [1.165, 1.54) is 6.20 Å². The van der Waals surface area contributed by atoms with Gasteiger partial charge in [0.05, 0.1) is 0 Å². The standard InChI is InChI=1S/C10H7F2N/c11-10(12)9-6-13-5-7-3-1-2-4-8(7)9/h1-6,10H. The number of hydrogen-bond acceptors (Lipinski definition) is 1. The molecule has 0 aliphatic heterocycles. The lowest BCUT2D eigenvalue weighted by Gasteiger charge is -2.03. The molecule has 0 atom stereocenters. The largest absolute Gasteiger partial charge is 0.265 e. The molecule has 13 heavy (non-hydrogen) atoms. The zero-order valence-corrected chi connectivity index (χ0v) is 6.74. The normalized spacial score (nSPS) is 11.0. The fourth-order valence-corrected chi connectivity index (χ4v) is 1.31. The number of fused-ring (bicyclic) bond motifs is 1. The minimum Gasteiger partial charge on any atom is -0.264 e. The van der Waals surface area contributed by atoms with Gasteiger partial charge in [0.15, 0.2) is 0 Å². The minimum absolute atomic E-state index is 0.00176. The molecule has 2 rings (SSSR count). The molecule has 2 aromatic rings. The van der Waals surface area contributed by atoms with Crippen molar-refractivity contribution in [3.63, 3.8) is 0 Å². The first-order valence-corrected chi connectivity index (χ1v) is 3.90. The van der Waals surface area contributed by atoms with Gasteiger partial charge in [-0.2, -0.15) is 0 Å². The van der Waals surface area contributed by atoms with E-state index < -0.39 is 6.43 Å². The van der Waals surface area contributed by atoms with E-state index in [0.29, 0.717) is 5.39 Å². The summed E-state index contributed by atoms with van der Waals surface area (Å²) in [5.41, 5.74) is -0.00176. The second-order valence-electron chi connectivity index (χ2n) is 2.75. The first-order valence-electron chi connectivity index (χ1n) is 3.90. The third-order valence-electron chi connectivity index (χ3n) is 1.93. The van der Waals surface area contributed by atoms with Crippen molar-refractivity contribution in [3.8, 4) is 0 Å². The lowest BCUT2D eigenvalue weighted by atomic mass is 10.1. The summed E-state index contributed by atoms with van der Waals surface area (Å²) in [6, 6.07) is 7.00. The van der Waals surface area contributed by atoms with E-state index in [0.717, 1.165) is 5.39 Å². The van der Waals surface area contributed by atoms with E-state index >= 15 is 0 Å². The topological polar surface area (TPSA) is 12.9 Å². The van der Waals surface area contributed by atoms with E-state index in [2.05, 4.69) is 4.98 Å². The van der Waals surface area contributed by atoms with Crippen LogP contribution in [0.4, 0.5) is 8.78 Å². The maximum Gasteiger partial charge on any atom is 0.265 e. The Morgan fingerprint density at radius 1 is 1.08 bits per heavy atom. The predicted octanol–water partition coefficient (Wildman–Crippen LogP) is 3.17. The number of alkyl halides is 2. The highest BCUT2D eigenvalue weighted by molar-refractivity contribution is 5.84. The molecule has 0 spiro atoms. The second kappa shape index (κ2) is 3.09. The Hall–Kier alpha value is -1.51. The van der Waals surface area contributed by atoms with Crippen molar-refractivity contribution in [3.05, 3.63) is 42.2 Å². The number of aromatic nitrogens is 1. The van der Waals surface area contributed by atoms with Crippen molar-refractivity contribution in [2.24, 2.45) is 0 Å². The van der Waals surface area contributed by atoms with E-state index in [9.17, 15) is 8.78 Å². The van der Waals surface area contributed by atoms with Gasteiger partial charge in [-0.15, -0.1) is 0 Å². The maximum atomic E-state index is 12.5. The number of rotatable bonds is 1. The highest BCUT2D eigenvalue weighted by Gasteiger charge is 2.10. The molecular formula is C10H7F2N. The van der Waals surface area contributed by atoms with Crippen LogP contribution in [-0.4, -0.2) is 4.98 Å². The van der Waals surface area contributed by atoms with Gasteiger partial charge in [-0.25, -0.2) is 8.78 Å². The van der Waals surface area contributed by atoms with Crippen LogP contribution < -0.4 is 0 Å². The van der Waals surface area contributed by atoms with Crippen molar-refractivity contribution in [1.29, 1.82) is 0 Å². The molecule has 0 radical (unpaired) electrons. The number of nitrogens with zero attached hydrogens (tertiary/aromatic N) is 1. The summed E-state index contributed by atoms with van der Waals surface area (Å²) < 4.78 is 24.9. The molecular weight excluding hydrogens is 172 g/mol. The molecule has 66 valence electrons. The van der Waals surface area contributed by atoms with Crippen LogP contribution in [0.3, 0.4) is 0 Å². The van der Waals surface area contributed by atoms with Gasteiger partial charge >= 0.3 is 0 Å². The van der Waals surface area contributed by atoms with Crippen molar-refractivity contribution >= 4 is 10.8 Å². The summed E-state index contributed by atoms with van der Waals surface area (Å²) >= 11 is 0. The van der Waals surface area contributed by atoms with Gasteiger partial charge in [-0.3, -0.25) is 4.98 Å². The lowest BCUT2D eigenvalue weighted by molar-refractivity contribution is 0.152. The quantitative estimate of drug-likeness (QED) is 0.655. The van der Waals surface area contributed by atoms with Gasteiger partial charge in [0.25, 0.3) is 6.43 Å². The summed E-state index contributed by atoms with van der Waals surface area (Å²) in [6.07, 6.45) is 0.340. The Balaban J connectivity index is 2.76. The molecule has 1 heterocycles. The van der Waals surface area contributed by atoms with Crippen LogP contribution in [-0.2, 0) is 0 Å². The Labute approximate surface area is 74.0 Å². The molecule has 0 unspecified atom stereocenters. The van der Waals surface area contributed by atoms with E-state index in [-0.39, 0.29) is 5.56 Å².